The molecular formula is C18H14I+. The second-order valence-electron chi connectivity index (χ2n) is 4.44. The summed E-state index contributed by atoms with van der Waals surface area (Å²) < 4.78 is 1.32. The number of benzene rings is 3. The lowest BCUT2D eigenvalue weighted by molar-refractivity contribution is -0.326. The molecule has 0 spiro atoms. The molecule has 0 aliphatic heterocycles. The molecule has 19 heavy (non-hydrogen) atoms. The quantitative estimate of drug-likeness (QED) is 0.610. The third-order valence-electron chi connectivity index (χ3n) is 3.19. The molecule has 0 nitrogen and oxygen atoms in total. The molecule has 3 rings (SSSR count). The van der Waals surface area contributed by atoms with Crippen molar-refractivity contribution in [2.45, 2.75) is 0 Å². The first-order valence-electron chi connectivity index (χ1n) is 6.26. The Balaban J connectivity index is 1.98. The van der Waals surface area contributed by atoms with Crippen molar-refractivity contribution in [2.75, 3.05) is 0 Å². The molecule has 0 aromatic heterocycles. The fourth-order valence-corrected chi connectivity index (χ4v) is 2.93. The van der Waals surface area contributed by atoms with Gasteiger partial charge in [0.2, 0.25) is 0 Å². The zero-order valence-electron chi connectivity index (χ0n) is 10.4. The van der Waals surface area contributed by atoms with E-state index < -0.39 is 0 Å². The molecule has 0 aliphatic carbocycles. The minimum absolute atomic E-state index is 1.26. The summed E-state index contributed by atoms with van der Waals surface area (Å²) in [6, 6.07) is 27.8. The Morgan fingerprint density at radius 3 is 1.68 bits per heavy atom. The molecule has 3 aromatic carbocycles. The predicted octanol–water partition coefficient (Wildman–Crippen LogP) is 1.48. The maximum Gasteiger partial charge on any atom is 0.297 e. The molecule has 0 fully saturated rings. The maximum absolute atomic E-state index is 2.20. The van der Waals surface area contributed by atoms with Crippen LogP contribution in [0, 0.1) is 3.57 Å². The van der Waals surface area contributed by atoms with Crippen LogP contribution in [0.3, 0.4) is 0 Å². The van der Waals surface area contributed by atoms with E-state index in [1.165, 1.54) is 25.8 Å². The first kappa shape index (κ1) is 12.4. The van der Waals surface area contributed by atoms with Gasteiger partial charge in [0.15, 0.2) is 3.57 Å². The third kappa shape index (κ3) is 2.71. The smallest absolute Gasteiger partial charge is 0.0622 e. The molecule has 0 amide bonds. The zero-order valence-corrected chi connectivity index (χ0v) is 12.7. The lowest BCUT2D eigenvalue weighted by atomic mass is 10.0. The standard InChI is InChI=1S/C18H14I/c19-18-9-5-4-8-17(18)16-12-10-15(11-13-16)14-6-2-1-3-7-14/h1-13,19H/q+1. The number of rotatable bonds is 2. The summed E-state index contributed by atoms with van der Waals surface area (Å²) in [5.41, 5.74) is 5.12. The van der Waals surface area contributed by atoms with E-state index >= 15 is 0 Å². The SMILES string of the molecule is [IH+]c1ccccc1-c1ccc(-c2ccccc2)cc1. The lowest BCUT2D eigenvalue weighted by Gasteiger charge is -2.04. The van der Waals surface area contributed by atoms with Gasteiger partial charge in [0, 0.05) is 5.56 Å². The van der Waals surface area contributed by atoms with Crippen molar-refractivity contribution in [2.24, 2.45) is 0 Å². The molecular weight excluding hydrogens is 343 g/mol. The summed E-state index contributed by atoms with van der Waals surface area (Å²) in [6.45, 7) is 0. The largest absolute Gasteiger partial charge is 0.297 e. The summed E-state index contributed by atoms with van der Waals surface area (Å²) in [5.74, 6) is 0. The van der Waals surface area contributed by atoms with Crippen LogP contribution in [0.5, 0.6) is 0 Å². The van der Waals surface area contributed by atoms with Crippen molar-refractivity contribution < 1.29 is 22.6 Å². The molecule has 0 bridgehead atoms. The highest BCUT2D eigenvalue weighted by Gasteiger charge is 2.07. The van der Waals surface area contributed by atoms with E-state index in [4.69, 9.17) is 0 Å². The molecule has 92 valence electrons. The van der Waals surface area contributed by atoms with Crippen LogP contribution in [0.2, 0.25) is 0 Å². The lowest BCUT2D eigenvalue weighted by Crippen LogP contribution is -3.34. The van der Waals surface area contributed by atoms with E-state index in [0.29, 0.717) is 0 Å². The predicted molar refractivity (Wildman–Crippen MR) is 77.4 cm³/mol. The minimum Gasteiger partial charge on any atom is -0.0622 e. The van der Waals surface area contributed by atoms with Crippen LogP contribution in [0.1, 0.15) is 0 Å². The van der Waals surface area contributed by atoms with Gasteiger partial charge >= 0.3 is 0 Å². The molecule has 0 saturated carbocycles. The van der Waals surface area contributed by atoms with Crippen LogP contribution >= 0.6 is 0 Å². The van der Waals surface area contributed by atoms with Crippen molar-refractivity contribution in [1.82, 2.24) is 0 Å². The van der Waals surface area contributed by atoms with Crippen LogP contribution in [0.4, 0.5) is 0 Å². The van der Waals surface area contributed by atoms with E-state index in [1.807, 2.05) is 6.07 Å². The Kier molecular flexibility index (Phi) is 3.65. The summed E-state index contributed by atoms with van der Waals surface area (Å²) in [4.78, 5) is 0. The zero-order chi connectivity index (χ0) is 13.1. The summed E-state index contributed by atoms with van der Waals surface area (Å²) in [5, 5.41) is 0. The van der Waals surface area contributed by atoms with Gasteiger partial charge in [-0.2, -0.15) is 0 Å². The van der Waals surface area contributed by atoms with Gasteiger partial charge in [0.1, 0.15) is 0 Å². The fourth-order valence-electron chi connectivity index (χ4n) is 2.18. The van der Waals surface area contributed by atoms with Crippen LogP contribution in [-0.2, 0) is 0 Å². The van der Waals surface area contributed by atoms with E-state index in [1.54, 1.807) is 0 Å². The van der Waals surface area contributed by atoms with Gasteiger partial charge in [-0.3, -0.25) is 0 Å². The monoisotopic (exact) mass is 357 g/mol. The molecule has 0 N–H and O–H groups in total. The average Bonchev–Trinajstić information content (AvgIpc) is 2.49. The van der Waals surface area contributed by atoms with Crippen molar-refractivity contribution in [1.29, 1.82) is 0 Å². The van der Waals surface area contributed by atoms with E-state index in [2.05, 4.69) is 95.4 Å². The van der Waals surface area contributed by atoms with Gasteiger partial charge in [0.05, 0.1) is 0 Å². The summed E-state index contributed by atoms with van der Waals surface area (Å²) in [7, 11) is 0. The fraction of sp³-hybridized carbons (Fsp3) is 0. The van der Waals surface area contributed by atoms with Gasteiger partial charge in [-0.25, -0.2) is 0 Å². The number of hydrogen-bond donors (Lipinski definition) is 0. The highest BCUT2D eigenvalue weighted by molar-refractivity contribution is 5.70. The second-order valence-corrected chi connectivity index (χ2v) is 5.69. The Bertz CT molecular complexity index is 670. The summed E-state index contributed by atoms with van der Waals surface area (Å²) in [6.07, 6.45) is 0. The first-order chi connectivity index (χ1) is 9.34. The normalized spacial score (nSPS) is 10.4. The molecule has 0 unspecified atom stereocenters. The summed E-state index contributed by atoms with van der Waals surface area (Å²) >= 11 is 2.08. The Morgan fingerprint density at radius 2 is 1.00 bits per heavy atom. The Labute approximate surface area is 127 Å². The van der Waals surface area contributed by atoms with E-state index in [-0.39, 0.29) is 0 Å². The van der Waals surface area contributed by atoms with Crippen LogP contribution in [-0.4, -0.2) is 0 Å². The van der Waals surface area contributed by atoms with Crippen molar-refractivity contribution >= 4 is 0 Å². The van der Waals surface area contributed by atoms with Gasteiger partial charge in [-0.1, -0.05) is 66.7 Å². The van der Waals surface area contributed by atoms with Crippen molar-refractivity contribution in [3.8, 4) is 22.3 Å². The molecule has 1 heteroatoms. The topological polar surface area (TPSA) is 0 Å². The van der Waals surface area contributed by atoms with Crippen LogP contribution < -0.4 is 22.6 Å². The van der Waals surface area contributed by atoms with E-state index in [9.17, 15) is 0 Å². The minimum atomic E-state index is 1.26. The average molecular weight is 357 g/mol. The molecule has 0 aliphatic rings. The second kappa shape index (κ2) is 5.57. The van der Waals surface area contributed by atoms with Crippen molar-refractivity contribution in [3.63, 3.8) is 0 Å². The molecule has 3 aromatic rings. The van der Waals surface area contributed by atoms with Gasteiger partial charge in [-0.05, 0) is 28.8 Å². The molecule has 0 radical (unpaired) electrons. The van der Waals surface area contributed by atoms with Crippen molar-refractivity contribution in [3.05, 3.63) is 82.4 Å². The first-order valence-corrected chi connectivity index (χ1v) is 7.43. The Morgan fingerprint density at radius 1 is 0.474 bits per heavy atom. The maximum atomic E-state index is 2.20. The van der Waals surface area contributed by atoms with Crippen LogP contribution in [0.15, 0.2) is 78.9 Å². The Hall–Kier alpha value is -1.61. The van der Waals surface area contributed by atoms with Crippen LogP contribution in [0.25, 0.3) is 22.3 Å². The highest BCUT2D eigenvalue weighted by atomic mass is 127. The van der Waals surface area contributed by atoms with E-state index in [0.717, 1.165) is 0 Å². The number of hydrogen-bond acceptors (Lipinski definition) is 0. The molecule has 0 atom stereocenters. The highest BCUT2D eigenvalue weighted by Crippen LogP contribution is 2.24. The van der Waals surface area contributed by atoms with Gasteiger partial charge in [-0.15, -0.1) is 0 Å². The number of halogens is 1. The van der Waals surface area contributed by atoms with Gasteiger partial charge < -0.3 is 0 Å². The third-order valence-corrected chi connectivity index (χ3v) is 4.21. The molecule has 0 heterocycles. The molecule has 0 saturated heterocycles. The van der Waals surface area contributed by atoms with Gasteiger partial charge in [0.25, 0.3) is 22.6 Å².